The number of hydrogen-bond acceptors (Lipinski definition) is 1. The van der Waals surface area contributed by atoms with Crippen molar-refractivity contribution in [1.82, 2.24) is 5.32 Å². The van der Waals surface area contributed by atoms with Crippen LogP contribution in [0.25, 0.3) is 0 Å². The average Bonchev–Trinajstić information content (AvgIpc) is 2.38. The third-order valence-electron chi connectivity index (χ3n) is 5.15. The lowest BCUT2D eigenvalue weighted by atomic mass is 9.46. The van der Waals surface area contributed by atoms with Gasteiger partial charge in [-0.1, -0.05) is 32.9 Å². The molecule has 0 aromatic heterocycles. The van der Waals surface area contributed by atoms with Crippen LogP contribution in [0.15, 0.2) is 24.3 Å². The summed E-state index contributed by atoms with van der Waals surface area (Å²) in [6.45, 7) is 6.85. The van der Waals surface area contributed by atoms with Gasteiger partial charge in [0.2, 0.25) is 0 Å². The molecule has 3 unspecified atom stereocenters. The van der Waals surface area contributed by atoms with Gasteiger partial charge in [-0.05, 0) is 54.8 Å². The van der Waals surface area contributed by atoms with Crippen molar-refractivity contribution in [3.8, 4) is 0 Å². The van der Waals surface area contributed by atoms with E-state index in [9.17, 15) is 4.39 Å². The molecule has 3 atom stereocenters. The van der Waals surface area contributed by atoms with Crippen molar-refractivity contribution in [1.29, 1.82) is 0 Å². The molecule has 1 aliphatic carbocycles. The Kier molecular flexibility index (Phi) is 3.76. The quantitative estimate of drug-likeness (QED) is 0.852. The predicted octanol–water partition coefficient (Wildman–Crippen LogP) is 3.95. The van der Waals surface area contributed by atoms with Crippen LogP contribution in [-0.4, -0.2) is 13.1 Å². The molecule has 1 nitrogen and oxygen atoms in total. The molecule has 1 aliphatic rings. The highest BCUT2D eigenvalue weighted by atomic mass is 19.1. The molecule has 100 valence electrons. The van der Waals surface area contributed by atoms with Gasteiger partial charge in [0, 0.05) is 6.04 Å². The maximum Gasteiger partial charge on any atom is 0.123 e. The summed E-state index contributed by atoms with van der Waals surface area (Å²) in [6.07, 6.45) is 2.34. The second kappa shape index (κ2) is 5.00. The van der Waals surface area contributed by atoms with Crippen LogP contribution in [0.1, 0.15) is 45.1 Å². The summed E-state index contributed by atoms with van der Waals surface area (Å²) >= 11 is 0. The second-order valence-corrected chi connectivity index (χ2v) is 5.59. The predicted molar refractivity (Wildman–Crippen MR) is 74.2 cm³/mol. The molecular weight excluding hydrogens is 225 g/mol. The number of hydrogen-bond donors (Lipinski definition) is 1. The topological polar surface area (TPSA) is 12.0 Å². The van der Waals surface area contributed by atoms with E-state index in [0.717, 1.165) is 0 Å². The average molecular weight is 249 g/mol. The SMILES string of the molecule is CCC1(CC)C(NC)C(C)C1c1ccc(F)cc1. The smallest absolute Gasteiger partial charge is 0.123 e. The molecule has 1 aromatic carbocycles. The highest BCUT2D eigenvalue weighted by molar-refractivity contribution is 5.30. The van der Waals surface area contributed by atoms with Crippen LogP contribution < -0.4 is 5.32 Å². The molecule has 2 heteroatoms. The Morgan fingerprint density at radius 1 is 1.17 bits per heavy atom. The van der Waals surface area contributed by atoms with E-state index in [1.165, 1.54) is 18.4 Å². The van der Waals surface area contributed by atoms with Gasteiger partial charge in [0.15, 0.2) is 0 Å². The Balaban J connectivity index is 2.34. The maximum atomic E-state index is 13.1. The van der Waals surface area contributed by atoms with Gasteiger partial charge in [-0.2, -0.15) is 0 Å². The number of benzene rings is 1. The highest BCUT2D eigenvalue weighted by Crippen LogP contribution is 2.60. The first-order valence-corrected chi connectivity index (χ1v) is 7.03. The first-order chi connectivity index (χ1) is 8.60. The molecule has 0 saturated heterocycles. The van der Waals surface area contributed by atoms with E-state index in [2.05, 4.69) is 33.1 Å². The Labute approximate surface area is 110 Å². The summed E-state index contributed by atoms with van der Waals surface area (Å²) in [7, 11) is 2.06. The summed E-state index contributed by atoms with van der Waals surface area (Å²) in [5.41, 5.74) is 1.62. The zero-order valence-corrected chi connectivity index (χ0v) is 11.8. The monoisotopic (exact) mass is 249 g/mol. The van der Waals surface area contributed by atoms with Gasteiger partial charge in [0.05, 0.1) is 0 Å². The van der Waals surface area contributed by atoms with Crippen molar-refractivity contribution in [2.75, 3.05) is 7.05 Å². The molecule has 1 fully saturated rings. The van der Waals surface area contributed by atoms with E-state index in [-0.39, 0.29) is 5.82 Å². The molecule has 2 rings (SSSR count). The lowest BCUT2D eigenvalue weighted by Gasteiger charge is -2.61. The summed E-state index contributed by atoms with van der Waals surface area (Å²) < 4.78 is 13.1. The molecule has 0 amide bonds. The normalized spacial score (nSPS) is 29.9. The fourth-order valence-electron chi connectivity index (χ4n) is 4.30. The van der Waals surface area contributed by atoms with Crippen molar-refractivity contribution in [2.24, 2.45) is 11.3 Å². The molecular formula is C16H24FN. The molecule has 18 heavy (non-hydrogen) atoms. The Morgan fingerprint density at radius 2 is 1.72 bits per heavy atom. The molecule has 0 heterocycles. The van der Waals surface area contributed by atoms with Crippen molar-refractivity contribution >= 4 is 0 Å². The zero-order chi connectivity index (χ0) is 13.3. The lowest BCUT2D eigenvalue weighted by Crippen LogP contribution is -2.63. The number of halogens is 1. The fraction of sp³-hybridized carbons (Fsp3) is 0.625. The van der Waals surface area contributed by atoms with Crippen molar-refractivity contribution in [2.45, 2.75) is 45.6 Å². The zero-order valence-electron chi connectivity index (χ0n) is 11.8. The van der Waals surface area contributed by atoms with Gasteiger partial charge >= 0.3 is 0 Å². The summed E-state index contributed by atoms with van der Waals surface area (Å²) in [4.78, 5) is 0. The summed E-state index contributed by atoms with van der Waals surface area (Å²) in [5.74, 6) is 1.01. The van der Waals surface area contributed by atoms with Crippen LogP contribution in [0.2, 0.25) is 0 Å². The molecule has 0 spiro atoms. The number of rotatable bonds is 4. The summed E-state index contributed by atoms with van der Waals surface area (Å²) in [6, 6.07) is 7.67. The van der Waals surface area contributed by atoms with Gasteiger partial charge < -0.3 is 5.32 Å². The molecule has 0 aliphatic heterocycles. The van der Waals surface area contributed by atoms with Gasteiger partial charge in [-0.3, -0.25) is 0 Å². The highest BCUT2D eigenvalue weighted by Gasteiger charge is 2.57. The third-order valence-corrected chi connectivity index (χ3v) is 5.15. The number of nitrogens with one attached hydrogen (secondary N) is 1. The minimum Gasteiger partial charge on any atom is -0.316 e. The van der Waals surface area contributed by atoms with E-state index in [1.54, 1.807) is 12.1 Å². The van der Waals surface area contributed by atoms with Crippen molar-refractivity contribution in [3.05, 3.63) is 35.6 Å². The van der Waals surface area contributed by atoms with Crippen LogP contribution in [0, 0.1) is 17.2 Å². The van der Waals surface area contributed by atoms with Crippen LogP contribution in [0.4, 0.5) is 4.39 Å². The molecule has 1 aromatic rings. The Morgan fingerprint density at radius 3 is 2.17 bits per heavy atom. The van der Waals surface area contributed by atoms with Gasteiger partial charge in [-0.25, -0.2) is 4.39 Å². The van der Waals surface area contributed by atoms with Gasteiger partial charge in [0.25, 0.3) is 0 Å². The third kappa shape index (κ3) is 1.78. The van der Waals surface area contributed by atoms with Crippen LogP contribution in [0.3, 0.4) is 0 Å². The van der Waals surface area contributed by atoms with E-state index >= 15 is 0 Å². The van der Waals surface area contributed by atoms with E-state index in [0.29, 0.717) is 23.3 Å². The minimum atomic E-state index is -0.144. The van der Waals surface area contributed by atoms with Gasteiger partial charge in [0.1, 0.15) is 5.82 Å². The minimum absolute atomic E-state index is 0.144. The molecule has 1 saturated carbocycles. The molecule has 1 N–H and O–H groups in total. The van der Waals surface area contributed by atoms with E-state index in [1.807, 2.05) is 12.1 Å². The van der Waals surface area contributed by atoms with E-state index in [4.69, 9.17) is 0 Å². The second-order valence-electron chi connectivity index (χ2n) is 5.59. The lowest BCUT2D eigenvalue weighted by molar-refractivity contribution is -0.0356. The standard InChI is InChI=1S/C16H24FN/c1-5-16(6-2)14(11(3)15(16)18-4)12-7-9-13(17)10-8-12/h7-11,14-15,18H,5-6H2,1-4H3. The Hall–Kier alpha value is -0.890. The van der Waals surface area contributed by atoms with Crippen molar-refractivity contribution in [3.63, 3.8) is 0 Å². The van der Waals surface area contributed by atoms with E-state index < -0.39 is 0 Å². The van der Waals surface area contributed by atoms with Crippen LogP contribution in [0.5, 0.6) is 0 Å². The molecule has 0 bridgehead atoms. The van der Waals surface area contributed by atoms with Crippen LogP contribution in [-0.2, 0) is 0 Å². The first-order valence-electron chi connectivity index (χ1n) is 7.03. The molecule has 0 radical (unpaired) electrons. The van der Waals surface area contributed by atoms with Crippen molar-refractivity contribution < 1.29 is 4.39 Å². The Bertz CT molecular complexity index is 394. The fourth-order valence-corrected chi connectivity index (χ4v) is 4.30. The van der Waals surface area contributed by atoms with Crippen LogP contribution >= 0.6 is 0 Å². The van der Waals surface area contributed by atoms with Gasteiger partial charge in [-0.15, -0.1) is 0 Å². The largest absolute Gasteiger partial charge is 0.316 e. The first kappa shape index (κ1) is 13.5. The maximum absolute atomic E-state index is 13.1. The summed E-state index contributed by atoms with van der Waals surface area (Å²) in [5, 5.41) is 3.48.